The lowest BCUT2D eigenvalue weighted by molar-refractivity contribution is 0.296. The summed E-state index contributed by atoms with van der Waals surface area (Å²) in [7, 11) is 1.63. The quantitative estimate of drug-likeness (QED) is 0.823. The summed E-state index contributed by atoms with van der Waals surface area (Å²) in [5.41, 5.74) is 1.56. The van der Waals surface area contributed by atoms with E-state index in [9.17, 15) is 0 Å². The molecule has 3 nitrogen and oxygen atoms in total. The average Bonchev–Trinajstić information content (AvgIpc) is 2.45. The highest BCUT2D eigenvalue weighted by Gasteiger charge is 2.02. The van der Waals surface area contributed by atoms with Crippen molar-refractivity contribution in [2.24, 2.45) is 0 Å². The van der Waals surface area contributed by atoms with E-state index < -0.39 is 0 Å². The molecule has 0 amide bonds. The van der Waals surface area contributed by atoms with Gasteiger partial charge in [-0.1, -0.05) is 24.3 Å². The van der Waals surface area contributed by atoms with Crippen molar-refractivity contribution in [3.05, 3.63) is 59.7 Å². The van der Waals surface area contributed by atoms with Gasteiger partial charge in [-0.05, 0) is 24.3 Å². The van der Waals surface area contributed by atoms with E-state index in [2.05, 4.69) is 6.07 Å². The van der Waals surface area contributed by atoms with Gasteiger partial charge in [0.2, 0.25) is 0 Å². The van der Waals surface area contributed by atoms with Crippen LogP contribution in [0.2, 0.25) is 0 Å². The molecule has 0 unspecified atom stereocenters. The van der Waals surface area contributed by atoms with Crippen LogP contribution in [-0.4, -0.2) is 7.11 Å². The zero-order valence-corrected chi connectivity index (χ0v) is 10.1. The summed E-state index contributed by atoms with van der Waals surface area (Å²) in [6.45, 7) is 0.416. The van der Waals surface area contributed by atoms with Crippen LogP contribution in [0.25, 0.3) is 0 Å². The van der Waals surface area contributed by atoms with Crippen LogP contribution in [-0.2, 0) is 6.61 Å². The fourth-order valence-electron chi connectivity index (χ4n) is 1.64. The van der Waals surface area contributed by atoms with Crippen LogP contribution in [0.15, 0.2) is 48.5 Å². The molecule has 0 saturated heterocycles. The molecular formula is C15H13NO2. The molecule has 0 bridgehead atoms. The van der Waals surface area contributed by atoms with Gasteiger partial charge in [0, 0.05) is 5.56 Å². The molecule has 0 fully saturated rings. The molecule has 0 spiro atoms. The number of methoxy groups -OCH3 is 1. The Balaban J connectivity index is 2.09. The van der Waals surface area contributed by atoms with Gasteiger partial charge in [0.15, 0.2) is 0 Å². The highest BCUT2D eigenvalue weighted by molar-refractivity contribution is 5.37. The Bertz CT molecular complexity index is 573. The van der Waals surface area contributed by atoms with Crippen molar-refractivity contribution in [2.75, 3.05) is 7.11 Å². The second-order valence-electron chi connectivity index (χ2n) is 3.74. The Labute approximate surface area is 106 Å². The fraction of sp³-hybridized carbons (Fsp3) is 0.133. The van der Waals surface area contributed by atoms with Gasteiger partial charge in [0.25, 0.3) is 0 Å². The Morgan fingerprint density at radius 2 is 1.94 bits per heavy atom. The predicted octanol–water partition coefficient (Wildman–Crippen LogP) is 3.15. The van der Waals surface area contributed by atoms with Gasteiger partial charge >= 0.3 is 0 Å². The van der Waals surface area contributed by atoms with E-state index in [1.807, 2.05) is 30.3 Å². The third-order valence-corrected chi connectivity index (χ3v) is 2.55. The predicted molar refractivity (Wildman–Crippen MR) is 68.5 cm³/mol. The lowest BCUT2D eigenvalue weighted by Gasteiger charge is -2.10. The lowest BCUT2D eigenvalue weighted by atomic mass is 10.2. The second-order valence-corrected chi connectivity index (χ2v) is 3.74. The van der Waals surface area contributed by atoms with E-state index in [1.165, 1.54) is 0 Å². The molecule has 18 heavy (non-hydrogen) atoms. The highest BCUT2D eigenvalue weighted by Crippen LogP contribution is 2.20. The van der Waals surface area contributed by atoms with Gasteiger partial charge in [0.1, 0.15) is 18.1 Å². The Morgan fingerprint density at radius 3 is 2.72 bits per heavy atom. The third kappa shape index (κ3) is 2.80. The third-order valence-electron chi connectivity index (χ3n) is 2.55. The SMILES string of the molecule is COc1ccccc1COc1cccc(C#N)c1. The van der Waals surface area contributed by atoms with Crippen molar-refractivity contribution in [2.45, 2.75) is 6.61 Å². The van der Waals surface area contributed by atoms with E-state index in [4.69, 9.17) is 14.7 Å². The summed E-state index contributed by atoms with van der Waals surface area (Å²) in [6, 6.07) is 16.9. The molecule has 0 heterocycles. The van der Waals surface area contributed by atoms with Crippen molar-refractivity contribution < 1.29 is 9.47 Å². The zero-order valence-electron chi connectivity index (χ0n) is 10.1. The van der Waals surface area contributed by atoms with Crippen LogP contribution in [0.5, 0.6) is 11.5 Å². The number of para-hydroxylation sites is 1. The molecular weight excluding hydrogens is 226 g/mol. The summed E-state index contributed by atoms with van der Waals surface area (Å²) < 4.78 is 10.9. The number of hydrogen-bond acceptors (Lipinski definition) is 3. The van der Waals surface area contributed by atoms with Crippen molar-refractivity contribution in [1.29, 1.82) is 5.26 Å². The van der Waals surface area contributed by atoms with Crippen molar-refractivity contribution in [1.82, 2.24) is 0 Å². The first-order valence-electron chi connectivity index (χ1n) is 5.58. The summed E-state index contributed by atoms with van der Waals surface area (Å²) in [5, 5.41) is 8.80. The summed E-state index contributed by atoms with van der Waals surface area (Å²) >= 11 is 0. The molecule has 2 aromatic rings. The fourth-order valence-corrected chi connectivity index (χ4v) is 1.64. The number of ether oxygens (including phenoxy) is 2. The van der Waals surface area contributed by atoms with Gasteiger partial charge < -0.3 is 9.47 Å². The smallest absolute Gasteiger partial charge is 0.125 e. The summed E-state index contributed by atoms with van der Waals surface area (Å²) in [4.78, 5) is 0. The standard InChI is InChI=1S/C15H13NO2/c1-17-15-8-3-2-6-13(15)11-18-14-7-4-5-12(9-14)10-16/h2-9H,11H2,1H3. The molecule has 2 rings (SSSR count). The second kappa shape index (κ2) is 5.74. The van der Waals surface area contributed by atoms with Gasteiger partial charge in [0.05, 0.1) is 18.7 Å². The largest absolute Gasteiger partial charge is 0.496 e. The molecule has 90 valence electrons. The van der Waals surface area contributed by atoms with Gasteiger partial charge in [-0.2, -0.15) is 5.26 Å². The van der Waals surface area contributed by atoms with Crippen molar-refractivity contribution in [3.8, 4) is 17.6 Å². The number of benzene rings is 2. The van der Waals surface area contributed by atoms with Crippen molar-refractivity contribution >= 4 is 0 Å². The topological polar surface area (TPSA) is 42.2 Å². The molecule has 0 radical (unpaired) electrons. The first kappa shape index (κ1) is 12.0. The molecule has 0 saturated carbocycles. The van der Waals surface area contributed by atoms with Gasteiger partial charge in [-0.3, -0.25) is 0 Å². The van der Waals surface area contributed by atoms with E-state index in [0.29, 0.717) is 17.9 Å². The summed E-state index contributed by atoms with van der Waals surface area (Å²) in [5.74, 6) is 1.48. The lowest BCUT2D eigenvalue weighted by Crippen LogP contribution is -1.98. The maximum absolute atomic E-state index is 8.80. The highest BCUT2D eigenvalue weighted by atomic mass is 16.5. The first-order valence-corrected chi connectivity index (χ1v) is 5.58. The summed E-state index contributed by atoms with van der Waals surface area (Å²) in [6.07, 6.45) is 0. The molecule has 0 aromatic heterocycles. The maximum atomic E-state index is 8.80. The molecule has 0 N–H and O–H groups in total. The maximum Gasteiger partial charge on any atom is 0.125 e. The minimum absolute atomic E-state index is 0.416. The van der Waals surface area contributed by atoms with E-state index in [1.54, 1.807) is 25.3 Å². The minimum Gasteiger partial charge on any atom is -0.496 e. The van der Waals surface area contributed by atoms with Crippen LogP contribution in [0.3, 0.4) is 0 Å². The van der Waals surface area contributed by atoms with Crippen LogP contribution >= 0.6 is 0 Å². The monoisotopic (exact) mass is 239 g/mol. The number of rotatable bonds is 4. The Hall–Kier alpha value is -2.47. The molecule has 0 aliphatic heterocycles. The first-order chi connectivity index (χ1) is 8.83. The van der Waals surface area contributed by atoms with E-state index in [0.717, 1.165) is 11.3 Å². The molecule has 0 aliphatic carbocycles. The zero-order chi connectivity index (χ0) is 12.8. The average molecular weight is 239 g/mol. The van der Waals surface area contributed by atoms with E-state index >= 15 is 0 Å². The molecule has 3 heteroatoms. The van der Waals surface area contributed by atoms with Crippen LogP contribution in [0, 0.1) is 11.3 Å². The van der Waals surface area contributed by atoms with Gasteiger partial charge in [-0.25, -0.2) is 0 Å². The number of hydrogen-bond donors (Lipinski definition) is 0. The van der Waals surface area contributed by atoms with Crippen LogP contribution in [0.1, 0.15) is 11.1 Å². The van der Waals surface area contributed by atoms with Gasteiger partial charge in [-0.15, -0.1) is 0 Å². The van der Waals surface area contributed by atoms with Crippen LogP contribution < -0.4 is 9.47 Å². The van der Waals surface area contributed by atoms with Crippen molar-refractivity contribution in [3.63, 3.8) is 0 Å². The number of nitrogens with zero attached hydrogens (tertiary/aromatic N) is 1. The molecule has 0 atom stereocenters. The minimum atomic E-state index is 0.416. The molecule has 0 aliphatic rings. The van der Waals surface area contributed by atoms with E-state index in [-0.39, 0.29) is 0 Å². The normalized spacial score (nSPS) is 9.56. The Morgan fingerprint density at radius 1 is 1.11 bits per heavy atom. The Kier molecular flexibility index (Phi) is 3.83. The van der Waals surface area contributed by atoms with Crippen LogP contribution in [0.4, 0.5) is 0 Å². The molecule has 2 aromatic carbocycles. The number of nitriles is 1.